The molecule has 1 aliphatic carbocycles. The van der Waals surface area contributed by atoms with Gasteiger partial charge in [-0.15, -0.1) is 0 Å². The van der Waals surface area contributed by atoms with Gasteiger partial charge >= 0.3 is 0 Å². The van der Waals surface area contributed by atoms with E-state index >= 15 is 4.39 Å². The minimum absolute atomic E-state index is 0.0190. The number of carbonyl (C=O) groups is 1. The van der Waals surface area contributed by atoms with Gasteiger partial charge in [0.2, 0.25) is 0 Å². The van der Waals surface area contributed by atoms with Gasteiger partial charge < -0.3 is 31.4 Å². The molecular weight excluding hydrogens is 515 g/mol. The Bertz CT molecular complexity index is 1590. The minimum atomic E-state index is -1.74. The molecule has 210 valence electrons. The molecule has 3 aromatic rings. The number of rotatable bonds is 6. The van der Waals surface area contributed by atoms with Gasteiger partial charge in [0, 0.05) is 23.4 Å². The third-order valence-electron chi connectivity index (χ3n) is 7.42. The molecule has 2 aliphatic heterocycles. The van der Waals surface area contributed by atoms with Gasteiger partial charge in [-0.2, -0.15) is 5.10 Å². The van der Waals surface area contributed by atoms with Crippen LogP contribution in [0.15, 0.2) is 36.4 Å². The normalized spacial score (nSPS) is 20.2. The van der Waals surface area contributed by atoms with Gasteiger partial charge in [0.15, 0.2) is 5.69 Å². The largest absolute Gasteiger partial charge is 0.513 e. The van der Waals surface area contributed by atoms with E-state index in [0.29, 0.717) is 22.6 Å². The van der Waals surface area contributed by atoms with E-state index in [0.717, 1.165) is 18.4 Å². The van der Waals surface area contributed by atoms with Crippen molar-refractivity contribution in [2.75, 3.05) is 0 Å². The highest BCUT2D eigenvalue weighted by Gasteiger charge is 2.42. The fraction of sp³-hybridized carbons (Fsp3) is 0.414. The molecule has 11 heteroatoms. The topological polar surface area (TPSA) is 165 Å². The summed E-state index contributed by atoms with van der Waals surface area (Å²) in [6.07, 6.45) is 6.09. The van der Waals surface area contributed by atoms with Crippen LogP contribution < -0.4 is 11.5 Å². The van der Waals surface area contributed by atoms with Crippen molar-refractivity contribution in [2.24, 2.45) is 11.5 Å². The molecule has 1 fully saturated rings. The van der Waals surface area contributed by atoms with E-state index in [4.69, 9.17) is 11.5 Å². The summed E-state index contributed by atoms with van der Waals surface area (Å²) in [5, 5.41) is 34.8. The number of allylic oxidation sites excluding steroid dienone is 1. The molecule has 2 atom stereocenters. The van der Waals surface area contributed by atoms with E-state index in [9.17, 15) is 20.1 Å². The second-order valence-corrected chi connectivity index (χ2v) is 11.6. The van der Waals surface area contributed by atoms with Crippen LogP contribution in [0.2, 0.25) is 0 Å². The van der Waals surface area contributed by atoms with Crippen LogP contribution in [-0.4, -0.2) is 57.8 Å². The molecule has 1 amide bonds. The minimum Gasteiger partial charge on any atom is -0.513 e. The SMILES string of the molecule is C/C(O)=C/C(N)[C@](C)(O)C#Cc1cc2c(cc1F)C1CC(C1)n1c-2nc(C(N)=O)c1-c1cnn(CC(C)(C)O)c1. The van der Waals surface area contributed by atoms with Gasteiger partial charge in [0.05, 0.1) is 41.4 Å². The lowest BCUT2D eigenvalue weighted by atomic mass is 9.75. The Morgan fingerprint density at radius 3 is 2.62 bits per heavy atom. The third-order valence-corrected chi connectivity index (χ3v) is 7.42. The summed E-state index contributed by atoms with van der Waals surface area (Å²) >= 11 is 0. The van der Waals surface area contributed by atoms with Gasteiger partial charge in [-0.3, -0.25) is 9.48 Å². The molecule has 4 heterocycles. The summed E-state index contributed by atoms with van der Waals surface area (Å²) in [6.45, 7) is 6.41. The summed E-state index contributed by atoms with van der Waals surface area (Å²) in [4.78, 5) is 17.2. The van der Waals surface area contributed by atoms with E-state index in [1.807, 2.05) is 4.57 Å². The lowest BCUT2D eigenvalue weighted by molar-refractivity contribution is 0.0577. The number of nitrogens with two attached hydrogens (primary N) is 2. The molecule has 1 aromatic carbocycles. The van der Waals surface area contributed by atoms with Crippen LogP contribution in [0.3, 0.4) is 0 Å². The molecule has 6 rings (SSSR count). The first kappa shape index (κ1) is 27.6. The highest BCUT2D eigenvalue weighted by molar-refractivity contribution is 5.98. The van der Waals surface area contributed by atoms with Crippen molar-refractivity contribution in [3.05, 3.63) is 59.0 Å². The van der Waals surface area contributed by atoms with Gasteiger partial charge in [0.25, 0.3) is 5.91 Å². The van der Waals surface area contributed by atoms with Crippen LogP contribution in [0, 0.1) is 17.7 Å². The zero-order chi connectivity index (χ0) is 29.1. The summed E-state index contributed by atoms with van der Waals surface area (Å²) in [6, 6.07) is 2.05. The number of nitrogens with zero attached hydrogens (tertiary/aromatic N) is 4. The first-order valence-corrected chi connectivity index (χ1v) is 13.0. The number of benzene rings is 1. The lowest BCUT2D eigenvalue weighted by Gasteiger charge is -2.35. The second kappa shape index (κ2) is 9.59. The molecule has 3 aliphatic rings. The number of primary amides is 1. The molecule has 7 N–H and O–H groups in total. The maximum absolute atomic E-state index is 15.3. The molecule has 0 spiro atoms. The Labute approximate surface area is 231 Å². The number of carbonyl (C=O) groups excluding carboxylic acids is 1. The number of aliphatic hydroxyl groups is 3. The summed E-state index contributed by atoms with van der Waals surface area (Å²) < 4.78 is 18.9. The standard InChI is InChI=1S/C29H33FN6O4/c1-15(37)7-23(31)29(4,40)6-5-16-10-21-20(11-22(16)30)17-8-19(9-17)36-25(24(26(32)38)34-27(21)36)18-12-33-35(13-18)14-28(2,3)39/h7,10-13,17,19,23,37,39-40H,8-9,14,31H2,1-4H3,(H2,32,38)/b15-7-/t17?,19?,23?,29-/m1/s1. The highest BCUT2D eigenvalue weighted by Crippen LogP contribution is 2.54. The van der Waals surface area contributed by atoms with Crippen molar-refractivity contribution in [1.82, 2.24) is 19.3 Å². The van der Waals surface area contributed by atoms with Crippen LogP contribution in [0.25, 0.3) is 22.6 Å². The van der Waals surface area contributed by atoms with Gasteiger partial charge in [-0.25, -0.2) is 9.37 Å². The second-order valence-electron chi connectivity index (χ2n) is 11.6. The Balaban J connectivity index is 1.64. The van der Waals surface area contributed by atoms with Crippen molar-refractivity contribution >= 4 is 5.91 Å². The van der Waals surface area contributed by atoms with Crippen molar-refractivity contribution in [2.45, 2.75) is 76.3 Å². The maximum atomic E-state index is 15.3. The van der Waals surface area contributed by atoms with Crippen LogP contribution in [0.4, 0.5) is 4.39 Å². The predicted octanol–water partition coefficient (Wildman–Crippen LogP) is 2.75. The Hall–Kier alpha value is -3.98. The first-order chi connectivity index (χ1) is 18.6. The average molecular weight is 549 g/mol. The number of imidazole rings is 1. The fourth-order valence-electron chi connectivity index (χ4n) is 5.36. The molecule has 0 radical (unpaired) electrons. The first-order valence-electron chi connectivity index (χ1n) is 13.0. The zero-order valence-electron chi connectivity index (χ0n) is 22.8. The summed E-state index contributed by atoms with van der Waals surface area (Å²) in [5.41, 5.74) is 11.7. The van der Waals surface area contributed by atoms with Crippen LogP contribution in [0.1, 0.15) is 74.1 Å². The quantitative estimate of drug-likeness (QED) is 0.233. The average Bonchev–Trinajstić information content (AvgIpc) is 3.35. The van der Waals surface area contributed by atoms with E-state index < -0.39 is 29.0 Å². The van der Waals surface area contributed by atoms with Crippen LogP contribution >= 0.6 is 0 Å². The molecule has 2 aromatic heterocycles. The Morgan fingerprint density at radius 2 is 2.00 bits per heavy atom. The van der Waals surface area contributed by atoms with E-state index in [2.05, 4.69) is 21.9 Å². The smallest absolute Gasteiger partial charge is 0.269 e. The van der Waals surface area contributed by atoms with Crippen molar-refractivity contribution < 1.29 is 24.5 Å². The molecule has 0 saturated heterocycles. The fourth-order valence-corrected chi connectivity index (χ4v) is 5.36. The number of amides is 1. The molecule has 1 unspecified atom stereocenters. The molecule has 2 bridgehead atoms. The van der Waals surface area contributed by atoms with E-state index in [-0.39, 0.29) is 35.5 Å². The van der Waals surface area contributed by atoms with Gasteiger partial charge in [-0.05, 0) is 70.2 Å². The summed E-state index contributed by atoms with van der Waals surface area (Å²) in [5.74, 6) is 4.60. The predicted molar refractivity (Wildman–Crippen MR) is 147 cm³/mol. The van der Waals surface area contributed by atoms with Crippen LogP contribution in [-0.2, 0) is 6.54 Å². The number of halogens is 1. The van der Waals surface area contributed by atoms with Crippen molar-refractivity contribution in [3.63, 3.8) is 0 Å². The molecule has 1 saturated carbocycles. The van der Waals surface area contributed by atoms with E-state index in [1.165, 1.54) is 26.0 Å². The van der Waals surface area contributed by atoms with Gasteiger partial charge in [-0.1, -0.05) is 11.8 Å². The van der Waals surface area contributed by atoms with Crippen molar-refractivity contribution in [1.29, 1.82) is 0 Å². The number of aromatic nitrogens is 4. The van der Waals surface area contributed by atoms with Crippen LogP contribution in [0.5, 0.6) is 0 Å². The lowest BCUT2D eigenvalue weighted by Crippen LogP contribution is -2.43. The maximum Gasteiger partial charge on any atom is 0.269 e. The monoisotopic (exact) mass is 548 g/mol. The van der Waals surface area contributed by atoms with Crippen molar-refractivity contribution in [3.8, 4) is 34.5 Å². The Morgan fingerprint density at radius 1 is 1.30 bits per heavy atom. The number of hydrogen-bond acceptors (Lipinski definition) is 7. The molecular formula is C29H33FN6O4. The van der Waals surface area contributed by atoms with Gasteiger partial charge in [0.1, 0.15) is 17.2 Å². The number of aliphatic hydroxyl groups excluding tert-OH is 1. The highest BCUT2D eigenvalue weighted by atomic mass is 19.1. The summed E-state index contributed by atoms with van der Waals surface area (Å²) in [7, 11) is 0. The number of hydrogen-bond donors (Lipinski definition) is 5. The Kier molecular flexibility index (Phi) is 6.61. The third kappa shape index (κ3) is 5.01. The van der Waals surface area contributed by atoms with E-state index in [1.54, 1.807) is 37.0 Å². The molecule has 10 nitrogen and oxygen atoms in total. The molecule has 40 heavy (non-hydrogen) atoms. The zero-order valence-corrected chi connectivity index (χ0v) is 22.8.